The van der Waals surface area contributed by atoms with Crippen LogP contribution in [0.25, 0.3) is 0 Å². The molecular weight excluding hydrogens is 330 g/mol. The van der Waals surface area contributed by atoms with Gasteiger partial charge in [0.2, 0.25) is 0 Å². The number of hydrogen-bond donors (Lipinski definition) is 0. The summed E-state index contributed by atoms with van der Waals surface area (Å²) in [7, 11) is 1.55. The van der Waals surface area contributed by atoms with Gasteiger partial charge >= 0.3 is 0 Å². The SMILES string of the molecule is COc1ccc(C(C)=O)c(O[C@H](C)C(=O)N2c3ccccc3C[C@@H]2C)c1. The van der Waals surface area contributed by atoms with E-state index in [9.17, 15) is 9.59 Å². The van der Waals surface area contributed by atoms with E-state index in [2.05, 4.69) is 0 Å². The smallest absolute Gasteiger partial charge is 0.268 e. The van der Waals surface area contributed by atoms with E-state index in [0.717, 1.165) is 17.7 Å². The van der Waals surface area contributed by atoms with Crippen LogP contribution in [0.1, 0.15) is 36.7 Å². The first-order chi connectivity index (χ1) is 12.4. The van der Waals surface area contributed by atoms with E-state index in [4.69, 9.17) is 9.47 Å². The van der Waals surface area contributed by atoms with Crippen molar-refractivity contribution in [2.75, 3.05) is 12.0 Å². The molecule has 1 aliphatic rings. The van der Waals surface area contributed by atoms with Gasteiger partial charge < -0.3 is 14.4 Å². The standard InChI is InChI=1S/C21H23NO4/c1-13-11-16-7-5-6-8-19(16)22(13)21(24)15(3)26-20-12-17(25-4)9-10-18(20)14(2)23/h5-10,12-13,15H,11H2,1-4H3/t13-,15+/m0/s1. The van der Waals surface area contributed by atoms with E-state index in [1.165, 1.54) is 6.92 Å². The number of Topliss-reactive ketones (excluding diaryl/α,β-unsaturated/α-hetero) is 1. The van der Waals surface area contributed by atoms with Gasteiger partial charge in [0.1, 0.15) is 11.5 Å². The highest BCUT2D eigenvalue weighted by atomic mass is 16.5. The summed E-state index contributed by atoms with van der Waals surface area (Å²) in [6.07, 6.45) is 0.0979. The van der Waals surface area contributed by atoms with Crippen molar-refractivity contribution < 1.29 is 19.1 Å². The van der Waals surface area contributed by atoms with Crippen LogP contribution in [0.3, 0.4) is 0 Å². The zero-order valence-electron chi connectivity index (χ0n) is 15.5. The fourth-order valence-corrected chi connectivity index (χ4v) is 3.36. The fraction of sp³-hybridized carbons (Fsp3) is 0.333. The van der Waals surface area contributed by atoms with Gasteiger partial charge in [-0.15, -0.1) is 0 Å². The molecular formula is C21H23NO4. The predicted octanol–water partition coefficient (Wildman–Crippen LogP) is 3.64. The Balaban J connectivity index is 1.86. The average molecular weight is 353 g/mol. The topological polar surface area (TPSA) is 55.8 Å². The van der Waals surface area contributed by atoms with Gasteiger partial charge in [-0.25, -0.2) is 0 Å². The Labute approximate surface area is 153 Å². The van der Waals surface area contributed by atoms with Gasteiger partial charge in [0, 0.05) is 17.8 Å². The summed E-state index contributed by atoms with van der Waals surface area (Å²) in [5, 5.41) is 0. The maximum atomic E-state index is 13.0. The molecule has 0 aromatic heterocycles. The highest BCUT2D eigenvalue weighted by Crippen LogP contribution is 2.33. The summed E-state index contributed by atoms with van der Waals surface area (Å²) < 4.78 is 11.1. The number of methoxy groups -OCH3 is 1. The number of nitrogens with zero attached hydrogens (tertiary/aromatic N) is 1. The third-order valence-electron chi connectivity index (χ3n) is 4.66. The molecule has 0 unspecified atom stereocenters. The van der Waals surface area contributed by atoms with Gasteiger partial charge in [0.25, 0.3) is 5.91 Å². The Kier molecular flexibility index (Phi) is 4.98. The number of rotatable bonds is 5. The minimum atomic E-state index is -0.728. The quantitative estimate of drug-likeness (QED) is 0.770. The summed E-state index contributed by atoms with van der Waals surface area (Å²) in [5.74, 6) is 0.685. The number of carbonyl (C=O) groups is 2. The molecule has 2 aromatic rings. The van der Waals surface area contributed by atoms with E-state index in [-0.39, 0.29) is 17.7 Å². The van der Waals surface area contributed by atoms with Gasteiger partial charge in [-0.05, 0) is 51.0 Å². The van der Waals surface area contributed by atoms with Crippen LogP contribution in [0, 0.1) is 0 Å². The molecule has 5 heteroatoms. The number of amides is 1. The highest BCUT2D eigenvalue weighted by molar-refractivity contribution is 6.00. The average Bonchev–Trinajstić information content (AvgIpc) is 2.96. The molecule has 0 radical (unpaired) electrons. The number of ketones is 1. The molecule has 2 aromatic carbocycles. The maximum Gasteiger partial charge on any atom is 0.268 e. The summed E-state index contributed by atoms with van der Waals surface area (Å²) in [5.41, 5.74) is 2.52. The second kappa shape index (κ2) is 7.20. The minimum Gasteiger partial charge on any atom is -0.497 e. The zero-order chi connectivity index (χ0) is 18.8. The summed E-state index contributed by atoms with van der Waals surface area (Å²) in [6, 6.07) is 13.0. The third kappa shape index (κ3) is 3.29. The minimum absolute atomic E-state index is 0.0727. The van der Waals surface area contributed by atoms with Crippen LogP contribution in [-0.2, 0) is 11.2 Å². The van der Waals surface area contributed by atoms with Gasteiger partial charge in [-0.1, -0.05) is 18.2 Å². The number of para-hydroxylation sites is 1. The number of benzene rings is 2. The maximum absolute atomic E-state index is 13.0. The molecule has 0 spiro atoms. The molecule has 0 saturated carbocycles. The van der Waals surface area contributed by atoms with Crippen molar-refractivity contribution >= 4 is 17.4 Å². The van der Waals surface area contributed by atoms with E-state index >= 15 is 0 Å². The van der Waals surface area contributed by atoms with E-state index in [1.807, 2.05) is 31.2 Å². The molecule has 1 aliphatic heterocycles. The molecule has 0 saturated heterocycles. The van der Waals surface area contributed by atoms with E-state index in [0.29, 0.717) is 17.1 Å². The Morgan fingerprint density at radius 2 is 1.92 bits per heavy atom. The van der Waals surface area contributed by atoms with Crippen molar-refractivity contribution in [1.29, 1.82) is 0 Å². The Morgan fingerprint density at radius 3 is 2.62 bits per heavy atom. The second-order valence-electron chi connectivity index (χ2n) is 6.57. The lowest BCUT2D eigenvalue weighted by Gasteiger charge is -2.26. The Bertz CT molecular complexity index is 846. The molecule has 136 valence electrons. The lowest BCUT2D eigenvalue weighted by Crippen LogP contribution is -2.43. The molecule has 0 aliphatic carbocycles. The first kappa shape index (κ1) is 18.0. The predicted molar refractivity (Wildman–Crippen MR) is 100 cm³/mol. The van der Waals surface area contributed by atoms with Crippen LogP contribution < -0.4 is 14.4 Å². The van der Waals surface area contributed by atoms with Crippen molar-refractivity contribution in [3.63, 3.8) is 0 Å². The van der Waals surface area contributed by atoms with Crippen LogP contribution >= 0.6 is 0 Å². The van der Waals surface area contributed by atoms with E-state index in [1.54, 1.807) is 37.1 Å². The lowest BCUT2D eigenvalue weighted by atomic mass is 10.1. The molecule has 0 bridgehead atoms. The molecule has 0 N–H and O–H groups in total. The lowest BCUT2D eigenvalue weighted by molar-refractivity contribution is -0.124. The number of carbonyl (C=O) groups excluding carboxylic acids is 2. The van der Waals surface area contributed by atoms with Crippen LogP contribution in [0.15, 0.2) is 42.5 Å². The summed E-state index contributed by atoms with van der Waals surface area (Å²) >= 11 is 0. The van der Waals surface area contributed by atoms with Gasteiger partial charge in [0.15, 0.2) is 11.9 Å². The van der Waals surface area contributed by atoms with Gasteiger partial charge in [-0.2, -0.15) is 0 Å². The summed E-state index contributed by atoms with van der Waals surface area (Å²) in [4.78, 5) is 26.7. The van der Waals surface area contributed by atoms with Crippen LogP contribution in [0.5, 0.6) is 11.5 Å². The van der Waals surface area contributed by atoms with Crippen molar-refractivity contribution in [2.24, 2.45) is 0 Å². The van der Waals surface area contributed by atoms with Crippen molar-refractivity contribution in [1.82, 2.24) is 0 Å². The van der Waals surface area contributed by atoms with Gasteiger partial charge in [-0.3, -0.25) is 9.59 Å². The largest absolute Gasteiger partial charge is 0.497 e. The molecule has 0 fully saturated rings. The molecule has 5 nitrogen and oxygen atoms in total. The van der Waals surface area contributed by atoms with Crippen LogP contribution in [0.2, 0.25) is 0 Å². The number of anilines is 1. The van der Waals surface area contributed by atoms with Crippen molar-refractivity contribution in [3.8, 4) is 11.5 Å². The van der Waals surface area contributed by atoms with Crippen molar-refractivity contribution in [2.45, 2.75) is 39.3 Å². The molecule has 2 atom stereocenters. The second-order valence-corrected chi connectivity index (χ2v) is 6.57. The fourth-order valence-electron chi connectivity index (χ4n) is 3.36. The van der Waals surface area contributed by atoms with Gasteiger partial charge in [0.05, 0.1) is 12.7 Å². The molecule has 1 amide bonds. The van der Waals surface area contributed by atoms with Crippen LogP contribution in [-0.4, -0.2) is 30.9 Å². The Hall–Kier alpha value is -2.82. The van der Waals surface area contributed by atoms with E-state index < -0.39 is 6.10 Å². The number of ether oxygens (including phenoxy) is 2. The zero-order valence-corrected chi connectivity index (χ0v) is 15.5. The third-order valence-corrected chi connectivity index (χ3v) is 4.66. The first-order valence-corrected chi connectivity index (χ1v) is 8.69. The monoisotopic (exact) mass is 353 g/mol. The highest BCUT2D eigenvalue weighted by Gasteiger charge is 2.34. The molecule has 26 heavy (non-hydrogen) atoms. The van der Waals surface area contributed by atoms with Crippen LogP contribution in [0.4, 0.5) is 5.69 Å². The Morgan fingerprint density at radius 1 is 1.19 bits per heavy atom. The molecule has 3 rings (SSSR count). The molecule has 1 heterocycles. The number of fused-ring (bicyclic) bond motifs is 1. The summed E-state index contributed by atoms with van der Waals surface area (Å²) in [6.45, 7) is 5.20. The first-order valence-electron chi connectivity index (χ1n) is 8.69. The van der Waals surface area contributed by atoms with Crippen molar-refractivity contribution in [3.05, 3.63) is 53.6 Å². The normalized spacial score (nSPS) is 16.8. The number of hydrogen-bond acceptors (Lipinski definition) is 4.